The molecule has 2 atom stereocenters. The van der Waals surface area contributed by atoms with E-state index < -0.39 is 5.91 Å². The molecule has 2 aliphatic rings. The van der Waals surface area contributed by atoms with Crippen LogP contribution in [-0.4, -0.2) is 41.2 Å². The number of carbonyl (C=O) groups excluding carboxylic acids is 1. The normalized spacial score (nSPS) is 29.4. The van der Waals surface area contributed by atoms with Gasteiger partial charge in [0.2, 0.25) is 5.95 Å². The van der Waals surface area contributed by atoms with Gasteiger partial charge in [-0.1, -0.05) is 13.3 Å². The molecular formula is C18H29N5O2. The van der Waals surface area contributed by atoms with Crippen molar-refractivity contribution in [2.45, 2.75) is 70.1 Å². The van der Waals surface area contributed by atoms with Gasteiger partial charge in [-0.15, -0.1) is 0 Å². The number of rotatable bonds is 6. The Balaban J connectivity index is 1.70. The Kier molecular flexibility index (Phi) is 5.73. The molecule has 0 aliphatic heterocycles. The summed E-state index contributed by atoms with van der Waals surface area (Å²) in [4.78, 5) is 20.6. The minimum absolute atomic E-state index is 0.331. The molecule has 2 aliphatic carbocycles. The molecule has 1 aromatic heterocycles. The van der Waals surface area contributed by atoms with Crippen molar-refractivity contribution < 1.29 is 9.53 Å². The van der Waals surface area contributed by atoms with E-state index in [4.69, 9.17) is 10.5 Å². The summed E-state index contributed by atoms with van der Waals surface area (Å²) in [6, 6.07) is 0.669. The highest BCUT2D eigenvalue weighted by molar-refractivity contribution is 5.97. The van der Waals surface area contributed by atoms with Gasteiger partial charge in [0.1, 0.15) is 5.82 Å². The first-order chi connectivity index (χ1) is 12.1. The maximum atomic E-state index is 11.7. The third kappa shape index (κ3) is 4.39. The predicted molar refractivity (Wildman–Crippen MR) is 97.7 cm³/mol. The van der Waals surface area contributed by atoms with Gasteiger partial charge >= 0.3 is 0 Å². The molecule has 2 saturated carbocycles. The van der Waals surface area contributed by atoms with Crippen LogP contribution < -0.4 is 16.4 Å². The number of aromatic nitrogens is 2. The molecule has 0 unspecified atom stereocenters. The zero-order valence-electron chi connectivity index (χ0n) is 15.1. The number of amides is 1. The van der Waals surface area contributed by atoms with Gasteiger partial charge in [-0.2, -0.15) is 4.98 Å². The smallest absolute Gasteiger partial charge is 0.254 e. The molecule has 7 nitrogen and oxygen atoms in total. The third-order valence-electron chi connectivity index (χ3n) is 5.58. The lowest BCUT2D eigenvalue weighted by atomic mass is 9.93. The number of carbonyl (C=O) groups is 1. The fourth-order valence-electron chi connectivity index (χ4n) is 3.90. The zero-order chi connectivity index (χ0) is 17.8. The van der Waals surface area contributed by atoms with E-state index in [0.717, 1.165) is 32.1 Å². The molecule has 0 aromatic carbocycles. The Morgan fingerprint density at radius 1 is 1.20 bits per heavy atom. The topological polar surface area (TPSA) is 102 Å². The SMILES string of the molecule is COC1CCC(Nc2ncc(C(N)=O)c(N[C@H]3CCC[C@H]3C)n2)CC1. The minimum Gasteiger partial charge on any atom is -0.381 e. The number of nitrogens with two attached hydrogens (primary N) is 1. The summed E-state index contributed by atoms with van der Waals surface area (Å²) in [6.45, 7) is 2.23. The van der Waals surface area contributed by atoms with Crippen molar-refractivity contribution in [2.75, 3.05) is 17.7 Å². The first-order valence-electron chi connectivity index (χ1n) is 9.29. The molecule has 4 N–H and O–H groups in total. The van der Waals surface area contributed by atoms with Crippen LogP contribution in [0.3, 0.4) is 0 Å². The van der Waals surface area contributed by atoms with Crippen molar-refractivity contribution in [3.05, 3.63) is 11.8 Å². The summed E-state index contributed by atoms with van der Waals surface area (Å²) < 4.78 is 5.41. The molecule has 25 heavy (non-hydrogen) atoms. The monoisotopic (exact) mass is 347 g/mol. The molecule has 3 rings (SSSR count). The number of nitrogens with one attached hydrogen (secondary N) is 2. The van der Waals surface area contributed by atoms with Crippen LogP contribution in [0.5, 0.6) is 0 Å². The molecule has 1 amide bonds. The molecule has 2 fully saturated rings. The Morgan fingerprint density at radius 3 is 2.56 bits per heavy atom. The van der Waals surface area contributed by atoms with Crippen LogP contribution in [0.15, 0.2) is 6.20 Å². The third-order valence-corrected chi connectivity index (χ3v) is 5.58. The molecule has 1 heterocycles. The van der Waals surface area contributed by atoms with Crippen molar-refractivity contribution in [3.8, 4) is 0 Å². The van der Waals surface area contributed by atoms with Gasteiger partial charge in [0.25, 0.3) is 5.91 Å². The van der Waals surface area contributed by atoms with Gasteiger partial charge in [0.05, 0.1) is 11.7 Å². The lowest BCUT2D eigenvalue weighted by Crippen LogP contribution is -2.30. The van der Waals surface area contributed by atoms with Gasteiger partial charge in [-0.05, 0) is 44.4 Å². The van der Waals surface area contributed by atoms with E-state index in [1.807, 2.05) is 0 Å². The van der Waals surface area contributed by atoms with Crippen LogP contribution in [0.25, 0.3) is 0 Å². The van der Waals surface area contributed by atoms with Crippen LogP contribution in [0.4, 0.5) is 11.8 Å². The minimum atomic E-state index is -0.500. The van der Waals surface area contributed by atoms with Crippen LogP contribution in [-0.2, 0) is 4.74 Å². The van der Waals surface area contributed by atoms with E-state index in [1.54, 1.807) is 7.11 Å². The first-order valence-corrected chi connectivity index (χ1v) is 9.29. The maximum absolute atomic E-state index is 11.7. The number of nitrogens with zero attached hydrogens (tertiary/aromatic N) is 2. The van der Waals surface area contributed by atoms with Gasteiger partial charge in [-0.25, -0.2) is 4.98 Å². The zero-order valence-corrected chi connectivity index (χ0v) is 15.1. The summed E-state index contributed by atoms with van der Waals surface area (Å²) in [6.07, 6.45) is 9.51. The van der Waals surface area contributed by atoms with E-state index >= 15 is 0 Å². The summed E-state index contributed by atoms with van der Waals surface area (Å²) in [7, 11) is 1.77. The molecule has 7 heteroatoms. The summed E-state index contributed by atoms with van der Waals surface area (Å²) >= 11 is 0. The Bertz CT molecular complexity index is 601. The summed E-state index contributed by atoms with van der Waals surface area (Å²) in [5.74, 6) is 1.17. The maximum Gasteiger partial charge on any atom is 0.254 e. The van der Waals surface area contributed by atoms with Crippen molar-refractivity contribution in [2.24, 2.45) is 11.7 Å². The number of ether oxygens (including phenoxy) is 1. The van der Waals surface area contributed by atoms with E-state index in [0.29, 0.717) is 41.4 Å². The van der Waals surface area contributed by atoms with E-state index in [2.05, 4.69) is 27.5 Å². The van der Waals surface area contributed by atoms with E-state index in [1.165, 1.54) is 19.0 Å². The Labute approximate surface area is 149 Å². The van der Waals surface area contributed by atoms with Crippen LogP contribution in [0.1, 0.15) is 62.2 Å². The molecular weight excluding hydrogens is 318 g/mol. The highest BCUT2D eigenvalue weighted by Gasteiger charge is 2.26. The Hall–Kier alpha value is -1.89. The van der Waals surface area contributed by atoms with Gasteiger partial charge in [0, 0.05) is 25.4 Å². The molecule has 0 saturated heterocycles. The molecule has 138 valence electrons. The lowest BCUT2D eigenvalue weighted by Gasteiger charge is -2.28. The second kappa shape index (κ2) is 7.99. The van der Waals surface area contributed by atoms with Crippen molar-refractivity contribution in [1.29, 1.82) is 0 Å². The molecule has 0 bridgehead atoms. The van der Waals surface area contributed by atoms with E-state index in [-0.39, 0.29) is 0 Å². The van der Waals surface area contributed by atoms with Crippen LogP contribution in [0, 0.1) is 5.92 Å². The highest BCUT2D eigenvalue weighted by Crippen LogP contribution is 2.29. The lowest BCUT2D eigenvalue weighted by molar-refractivity contribution is 0.0681. The second-order valence-electron chi connectivity index (χ2n) is 7.33. The average Bonchev–Trinajstić information content (AvgIpc) is 3.00. The number of anilines is 2. The van der Waals surface area contributed by atoms with Crippen LogP contribution >= 0.6 is 0 Å². The fourth-order valence-corrected chi connectivity index (χ4v) is 3.90. The fraction of sp³-hybridized carbons (Fsp3) is 0.722. The quantitative estimate of drug-likeness (QED) is 0.731. The number of hydrogen-bond acceptors (Lipinski definition) is 6. The van der Waals surface area contributed by atoms with Crippen molar-refractivity contribution >= 4 is 17.7 Å². The van der Waals surface area contributed by atoms with Crippen molar-refractivity contribution in [3.63, 3.8) is 0 Å². The molecule has 0 radical (unpaired) electrons. The summed E-state index contributed by atoms with van der Waals surface area (Å²) in [5.41, 5.74) is 5.85. The number of methoxy groups -OCH3 is 1. The number of hydrogen-bond donors (Lipinski definition) is 3. The van der Waals surface area contributed by atoms with Gasteiger partial charge in [0.15, 0.2) is 0 Å². The van der Waals surface area contributed by atoms with Gasteiger partial charge in [-0.3, -0.25) is 4.79 Å². The van der Waals surface area contributed by atoms with E-state index in [9.17, 15) is 4.79 Å². The summed E-state index contributed by atoms with van der Waals surface area (Å²) in [5, 5.41) is 6.82. The molecule has 1 aromatic rings. The predicted octanol–water partition coefficient (Wildman–Crippen LogP) is 2.55. The largest absolute Gasteiger partial charge is 0.381 e. The molecule has 0 spiro atoms. The van der Waals surface area contributed by atoms with Crippen molar-refractivity contribution in [1.82, 2.24) is 9.97 Å². The van der Waals surface area contributed by atoms with Crippen LogP contribution in [0.2, 0.25) is 0 Å². The highest BCUT2D eigenvalue weighted by atomic mass is 16.5. The Morgan fingerprint density at radius 2 is 1.96 bits per heavy atom. The second-order valence-corrected chi connectivity index (χ2v) is 7.33. The van der Waals surface area contributed by atoms with Gasteiger partial charge < -0.3 is 21.1 Å². The first kappa shape index (κ1) is 17.9. The standard InChI is InChI=1S/C18H29N5O2/c1-11-4-3-5-15(11)22-17-14(16(19)24)10-20-18(23-17)21-12-6-8-13(25-2)9-7-12/h10-13,15H,3-9H2,1-2H3,(H2,19,24)(H2,20,21,22,23)/t11-,12?,13?,15+/m1/s1. The average molecular weight is 347 g/mol. The number of primary amides is 1.